The molecule has 5 nitrogen and oxygen atoms in total. The van der Waals surface area contributed by atoms with E-state index in [-0.39, 0.29) is 0 Å². The van der Waals surface area contributed by atoms with Gasteiger partial charge in [-0.3, -0.25) is 4.72 Å². The smallest absolute Gasteiger partial charge is 0.330 e. The normalized spacial score (nSPS) is 11.7. The predicted molar refractivity (Wildman–Crippen MR) is 95.5 cm³/mol. The summed E-state index contributed by atoms with van der Waals surface area (Å²) < 4.78 is 31.2. The second kappa shape index (κ2) is 8.12. The zero-order valence-corrected chi connectivity index (χ0v) is 13.9. The molecule has 0 saturated carbocycles. The van der Waals surface area contributed by atoms with Gasteiger partial charge in [0, 0.05) is 11.8 Å². The van der Waals surface area contributed by atoms with Crippen LogP contribution in [0.15, 0.2) is 66.1 Å². The average Bonchev–Trinajstić information content (AvgIpc) is 2.59. The standard InChI is InChI=1S/C18H17NO4S/c1-23-18(20)11-10-16-8-5-9-17(14-16)19-24(21,22)13-12-15-6-3-2-4-7-15/h2-14,19H,1H3/b11-10+,13-12+. The number of hydrogen-bond acceptors (Lipinski definition) is 4. The van der Waals surface area contributed by atoms with Gasteiger partial charge >= 0.3 is 5.97 Å². The van der Waals surface area contributed by atoms with Crippen molar-refractivity contribution in [3.8, 4) is 0 Å². The van der Waals surface area contributed by atoms with Crippen LogP contribution in [-0.2, 0) is 19.6 Å². The number of methoxy groups -OCH3 is 1. The minimum absolute atomic E-state index is 0.403. The third-order valence-electron chi connectivity index (χ3n) is 3.00. The molecule has 24 heavy (non-hydrogen) atoms. The second-order valence-corrected chi connectivity index (χ2v) is 6.41. The molecule has 0 aliphatic heterocycles. The number of rotatable bonds is 6. The molecule has 0 aliphatic rings. The first-order valence-electron chi connectivity index (χ1n) is 7.10. The number of carbonyl (C=O) groups is 1. The molecule has 0 bridgehead atoms. The first-order chi connectivity index (χ1) is 11.5. The maximum Gasteiger partial charge on any atom is 0.330 e. The van der Waals surface area contributed by atoms with E-state index in [9.17, 15) is 13.2 Å². The van der Waals surface area contributed by atoms with Gasteiger partial charge in [-0.1, -0.05) is 42.5 Å². The van der Waals surface area contributed by atoms with Crippen molar-refractivity contribution >= 4 is 33.8 Å². The molecule has 2 aromatic rings. The lowest BCUT2D eigenvalue weighted by Crippen LogP contribution is -2.08. The minimum atomic E-state index is -3.63. The van der Waals surface area contributed by atoms with Crippen LogP contribution in [0.4, 0.5) is 5.69 Å². The fraction of sp³-hybridized carbons (Fsp3) is 0.0556. The Hall–Kier alpha value is -2.86. The van der Waals surface area contributed by atoms with Crippen LogP contribution < -0.4 is 4.72 Å². The van der Waals surface area contributed by atoms with Crippen molar-refractivity contribution < 1.29 is 17.9 Å². The molecule has 6 heteroatoms. The van der Waals surface area contributed by atoms with E-state index < -0.39 is 16.0 Å². The van der Waals surface area contributed by atoms with Crippen molar-refractivity contribution in [1.82, 2.24) is 0 Å². The molecule has 0 amide bonds. The molecule has 0 aliphatic carbocycles. The van der Waals surface area contributed by atoms with Crippen molar-refractivity contribution in [1.29, 1.82) is 0 Å². The number of ether oxygens (including phenoxy) is 1. The zero-order valence-electron chi connectivity index (χ0n) is 13.0. The first-order valence-corrected chi connectivity index (χ1v) is 8.65. The quantitative estimate of drug-likeness (QED) is 0.645. The lowest BCUT2D eigenvalue weighted by Gasteiger charge is -2.05. The molecule has 0 heterocycles. The van der Waals surface area contributed by atoms with Crippen molar-refractivity contribution in [3.05, 3.63) is 77.2 Å². The van der Waals surface area contributed by atoms with E-state index in [1.165, 1.54) is 19.3 Å². The second-order valence-electron chi connectivity index (χ2n) is 4.84. The van der Waals surface area contributed by atoms with Gasteiger partial charge in [0.25, 0.3) is 10.0 Å². The Labute approximate surface area is 141 Å². The number of hydrogen-bond donors (Lipinski definition) is 1. The van der Waals surface area contributed by atoms with E-state index in [0.717, 1.165) is 11.0 Å². The van der Waals surface area contributed by atoms with Gasteiger partial charge in [0.1, 0.15) is 0 Å². The summed E-state index contributed by atoms with van der Waals surface area (Å²) in [6.45, 7) is 0. The molecular weight excluding hydrogens is 326 g/mol. The summed E-state index contributed by atoms with van der Waals surface area (Å²) in [6.07, 6.45) is 4.33. The predicted octanol–water partition coefficient (Wildman–Crippen LogP) is 3.29. The molecule has 1 N–H and O–H groups in total. The summed E-state index contributed by atoms with van der Waals surface area (Å²) in [6, 6.07) is 15.8. The lowest BCUT2D eigenvalue weighted by molar-refractivity contribution is -0.134. The molecule has 0 atom stereocenters. The van der Waals surface area contributed by atoms with Crippen LogP contribution in [-0.4, -0.2) is 21.5 Å². The summed E-state index contributed by atoms with van der Waals surface area (Å²) in [7, 11) is -2.34. The highest BCUT2D eigenvalue weighted by Crippen LogP contribution is 2.15. The molecule has 0 radical (unpaired) electrons. The Balaban J connectivity index is 2.11. The molecule has 0 fully saturated rings. The minimum Gasteiger partial charge on any atom is -0.466 e. The van der Waals surface area contributed by atoms with Crippen LogP contribution in [0.2, 0.25) is 0 Å². The van der Waals surface area contributed by atoms with E-state index in [0.29, 0.717) is 11.3 Å². The highest BCUT2D eigenvalue weighted by molar-refractivity contribution is 7.95. The Bertz CT molecular complexity index is 856. The summed E-state index contributed by atoms with van der Waals surface area (Å²) >= 11 is 0. The Kier molecular flexibility index (Phi) is 5.92. The number of carbonyl (C=O) groups excluding carboxylic acids is 1. The number of anilines is 1. The van der Waals surface area contributed by atoms with Crippen LogP contribution in [0.3, 0.4) is 0 Å². The van der Waals surface area contributed by atoms with Gasteiger partial charge in [-0.15, -0.1) is 0 Å². The van der Waals surface area contributed by atoms with Gasteiger partial charge in [-0.05, 0) is 35.4 Å². The first kappa shape index (κ1) is 17.5. The number of sulfonamides is 1. The van der Waals surface area contributed by atoms with Crippen LogP contribution in [0.1, 0.15) is 11.1 Å². The Morgan fingerprint density at radius 1 is 1.00 bits per heavy atom. The fourth-order valence-electron chi connectivity index (χ4n) is 1.87. The van der Waals surface area contributed by atoms with E-state index >= 15 is 0 Å². The average molecular weight is 343 g/mol. The van der Waals surface area contributed by atoms with Crippen molar-refractivity contribution in [2.75, 3.05) is 11.8 Å². The molecular formula is C18H17NO4S. The van der Waals surface area contributed by atoms with Gasteiger partial charge < -0.3 is 4.74 Å². The number of benzene rings is 2. The maximum atomic E-state index is 12.1. The molecule has 0 saturated heterocycles. The molecule has 2 rings (SSSR count). The lowest BCUT2D eigenvalue weighted by atomic mass is 10.2. The summed E-state index contributed by atoms with van der Waals surface area (Å²) in [5, 5.41) is 1.11. The van der Waals surface area contributed by atoms with Gasteiger partial charge in [-0.2, -0.15) is 0 Å². The van der Waals surface area contributed by atoms with Crippen molar-refractivity contribution in [3.63, 3.8) is 0 Å². The van der Waals surface area contributed by atoms with E-state index in [1.807, 2.05) is 30.3 Å². The van der Waals surface area contributed by atoms with E-state index in [4.69, 9.17) is 0 Å². The maximum absolute atomic E-state index is 12.1. The Morgan fingerprint density at radius 3 is 2.42 bits per heavy atom. The van der Waals surface area contributed by atoms with Gasteiger partial charge in [0.15, 0.2) is 0 Å². The van der Waals surface area contributed by atoms with Crippen molar-refractivity contribution in [2.24, 2.45) is 0 Å². The van der Waals surface area contributed by atoms with Gasteiger partial charge in [0.05, 0.1) is 12.5 Å². The van der Waals surface area contributed by atoms with Gasteiger partial charge in [0.2, 0.25) is 0 Å². The third kappa shape index (κ3) is 5.73. The monoisotopic (exact) mass is 343 g/mol. The number of nitrogens with one attached hydrogen (secondary N) is 1. The van der Waals surface area contributed by atoms with Crippen LogP contribution >= 0.6 is 0 Å². The van der Waals surface area contributed by atoms with Crippen LogP contribution in [0.25, 0.3) is 12.2 Å². The summed E-state index contributed by atoms with van der Waals surface area (Å²) in [4.78, 5) is 11.1. The molecule has 124 valence electrons. The van der Waals surface area contributed by atoms with E-state index in [1.54, 1.807) is 30.3 Å². The highest BCUT2D eigenvalue weighted by Gasteiger charge is 2.05. The van der Waals surface area contributed by atoms with Crippen molar-refractivity contribution in [2.45, 2.75) is 0 Å². The molecule has 0 aromatic heterocycles. The Morgan fingerprint density at radius 2 is 1.71 bits per heavy atom. The topological polar surface area (TPSA) is 72.5 Å². The molecule has 0 spiro atoms. The molecule has 2 aromatic carbocycles. The fourth-order valence-corrected chi connectivity index (χ4v) is 2.73. The zero-order chi connectivity index (χ0) is 17.4. The van der Waals surface area contributed by atoms with Crippen LogP contribution in [0, 0.1) is 0 Å². The largest absolute Gasteiger partial charge is 0.466 e. The molecule has 0 unspecified atom stereocenters. The van der Waals surface area contributed by atoms with E-state index in [2.05, 4.69) is 9.46 Å². The SMILES string of the molecule is COC(=O)/C=C/c1cccc(NS(=O)(=O)/C=C/c2ccccc2)c1. The summed E-state index contributed by atoms with van der Waals surface area (Å²) in [5.74, 6) is -0.480. The van der Waals surface area contributed by atoms with Crippen LogP contribution in [0.5, 0.6) is 0 Å². The summed E-state index contributed by atoms with van der Waals surface area (Å²) in [5.41, 5.74) is 1.87. The highest BCUT2D eigenvalue weighted by atomic mass is 32.2. The van der Waals surface area contributed by atoms with Gasteiger partial charge in [-0.25, -0.2) is 13.2 Å². The third-order valence-corrected chi connectivity index (χ3v) is 4.01. The number of esters is 1.